The standard InChI is InChI=1S/C15H11N3.9C7H6O2.5C2H3N.2CH3O.7Mn.5O/c1-3-10-16-12(6-1)14-8-5-9-15(18-14)13-7-2-4-11-17-13;9*8-7(9)6-4-2-1-3-5-6;5*1-2-3;2*1-2;;;;;;;;;;;;/h1-11H;9*1-5H,(H,8,9);5*1H3;2*1H3;;;;;;;;;;;;/q;;;;;;;;;;;;;;;2*-1;7*+3;5*-2/p-9. The number of pyridine rings is 3. The Labute approximate surface area is 826 Å². The number of carboxylic acid groups (broad SMARTS) is 9. The van der Waals surface area contributed by atoms with Gasteiger partial charge in [0.1, 0.15) is 0 Å². The van der Waals surface area contributed by atoms with E-state index in [0.717, 1.165) is 37.0 Å². The Morgan fingerprint density at radius 1 is 0.192 bits per heavy atom. The quantitative estimate of drug-likeness (QED) is 0.167. The number of nitriles is 5. The number of nitrogens with zero attached hydrogens (tertiary/aromatic N) is 8. The number of carbonyl (C=O) groups excluding carboxylic acids is 9. The van der Waals surface area contributed by atoms with Crippen molar-refractivity contribution in [3.05, 3.63) is 390 Å². The molecule has 0 fully saturated rings. The first-order chi connectivity index (χ1) is 56.7. The van der Waals surface area contributed by atoms with E-state index in [1.807, 2.05) is 54.6 Å². The molecule has 0 atom stereocenters. The van der Waals surface area contributed by atoms with Crippen LogP contribution in [-0.4, -0.2) is 82.9 Å². The van der Waals surface area contributed by atoms with Crippen LogP contribution >= 0.6 is 0 Å². The number of hydrogen-bond donors (Lipinski definition) is 0. The maximum Gasteiger partial charge on any atom is 3.00 e. The van der Waals surface area contributed by atoms with Crippen molar-refractivity contribution in [2.45, 2.75) is 34.6 Å². The zero-order valence-electron chi connectivity index (χ0n) is 69.3. The number of hydrogen-bond acceptors (Lipinski definition) is 28. The van der Waals surface area contributed by atoms with Crippen molar-refractivity contribution in [3.8, 4) is 53.1 Å². The van der Waals surface area contributed by atoms with E-state index in [1.165, 1.54) is 144 Å². The molecule has 12 aromatic rings. The molecular formula is C90H77Mn7N8O25. The summed E-state index contributed by atoms with van der Waals surface area (Å²) in [6.07, 6.45) is 3.54. The molecule has 0 aliphatic rings. The van der Waals surface area contributed by atoms with Crippen LogP contribution in [0.25, 0.3) is 22.8 Å². The second-order valence-corrected chi connectivity index (χ2v) is 19.8. The SMILES string of the molecule is CC#N.CC#N.CC#N.CC#N.CC#N.C[O-].C[O-].O=C([O-])c1ccccc1.O=C([O-])c1ccccc1.O=C([O-])c1ccccc1.O=C([O-])c1ccccc1.O=C([O-])c1ccccc1.O=C([O-])c1ccccc1.O=C([O-])c1ccccc1.O=C([O-])c1ccccc1.O=C([O-])c1ccccc1.[Mn+3].[Mn+3].[Mn+3].[Mn+3].[Mn+3].[Mn+3].[Mn+3].[O-2].[O-2].[O-2].[O-2].[O-2].c1ccc(-c2cccc(-c3ccccn3)n2)nc1. The summed E-state index contributed by atoms with van der Waals surface area (Å²) in [6, 6.07) is 98.8. The van der Waals surface area contributed by atoms with Gasteiger partial charge in [-0.25, -0.2) is 4.98 Å². The molecule has 9 aromatic carbocycles. The second kappa shape index (κ2) is 112. The van der Waals surface area contributed by atoms with Crippen LogP contribution in [0.3, 0.4) is 0 Å². The van der Waals surface area contributed by atoms with E-state index >= 15 is 0 Å². The topological polar surface area (TPSA) is 707 Å². The van der Waals surface area contributed by atoms with Gasteiger partial charge in [-0.15, -0.1) is 0 Å². The fourth-order valence-electron chi connectivity index (χ4n) is 6.92. The predicted molar refractivity (Wildman–Crippen MR) is 419 cm³/mol. The minimum Gasteiger partial charge on any atom is -2.00 e. The van der Waals surface area contributed by atoms with E-state index in [2.05, 4.69) is 15.0 Å². The van der Waals surface area contributed by atoms with E-state index in [0.29, 0.717) is 0 Å². The Hall–Kier alpha value is -13.5. The Balaban J connectivity index is -0.0000000710. The zero-order valence-corrected chi connectivity index (χ0v) is 77.5. The molecule has 0 N–H and O–H groups in total. The second-order valence-electron chi connectivity index (χ2n) is 19.8. The zero-order chi connectivity index (χ0) is 90.0. The van der Waals surface area contributed by atoms with E-state index in [1.54, 1.807) is 207 Å². The fraction of sp³-hybridized carbons (Fsp3) is 0.0778. The van der Waals surface area contributed by atoms with Gasteiger partial charge >= 0.3 is 119 Å². The Morgan fingerprint density at radius 2 is 0.292 bits per heavy atom. The minimum atomic E-state index is -1.13. The molecule has 0 unspecified atom stereocenters. The summed E-state index contributed by atoms with van der Waals surface area (Å²) >= 11 is 0. The molecule has 0 saturated heterocycles. The number of rotatable bonds is 11. The summed E-state index contributed by atoms with van der Waals surface area (Å²) < 4.78 is 0. The average Bonchev–Trinajstić information content (AvgIpc) is 0.837. The van der Waals surface area contributed by atoms with Crippen LogP contribution in [0.1, 0.15) is 128 Å². The molecule has 0 aliphatic heterocycles. The summed E-state index contributed by atoms with van der Waals surface area (Å²) in [5, 5.41) is 144. The van der Waals surface area contributed by atoms with E-state index in [9.17, 15) is 89.1 Å². The van der Waals surface area contributed by atoms with Crippen molar-refractivity contribution in [2.24, 2.45) is 0 Å². The van der Waals surface area contributed by atoms with E-state index < -0.39 is 53.7 Å². The molecule has 676 valence electrons. The van der Waals surface area contributed by atoms with Gasteiger partial charge < -0.3 is 127 Å². The summed E-state index contributed by atoms with van der Waals surface area (Å²) in [4.78, 5) is 104. The number of benzene rings is 9. The van der Waals surface area contributed by atoms with Crippen LogP contribution in [0.4, 0.5) is 0 Å². The molecule has 0 amide bonds. The van der Waals surface area contributed by atoms with Crippen LogP contribution in [0.2, 0.25) is 0 Å². The van der Waals surface area contributed by atoms with Crippen LogP contribution in [0.15, 0.2) is 340 Å². The van der Waals surface area contributed by atoms with Crippen molar-refractivity contribution in [1.82, 2.24) is 15.0 Å². The fourth-order valence-corrected chi connectivity index (χ4v) is 6.92. The van der Waals surface area contributed by atoms with Gasteiger partial charge in [0.05, 0.1) is 107 Å². The summed E-state index contributed by atoms with van der Waals surface area (Å²) in [5.74, 6) is -10.2. The molecule has 0 aliphatic carbocycles. The molecule has 3 aromatic heterocycles. The van der Waals surface area contributed by atoms with Gasteiger partial charge in [0.15, 0.2) is 0 Å². The van der Waals surface area contributed by atoms with Crippen LogP contribution in [0, 0.1) is 56.7 Å². The van der Waals surface area contributed by atoms with Crippen molar-refractivity contribution in [3.63, 3.8) is 0 Å². The normalized spacial score (nSPS) is 7.35. The Bertz CT molecular complexity index is 4090. The minimum absolute atomic E-state index is 0. The summed E-state index contributed by atoms with van der Waals surface area (Å²) in [6.45, 7) is 7.15. The smallest absolute Gasteiger partial charge is 2.00 e. The number of aromatic nitrogens is 3. The van der Waals surface area contributed by atoms with Crippen LogP contribution < -0.4 is 56.2 Å². The predicted octanol–water partition coefficient (Wildman–Crippen LogP) is 3.65. The maximum absolute atomic E-state index is 10.1. The Kier molecular flexibility index (Phi) is 135. The van der Waals surface area contributed by atoms with Crippen LogP contribution in [0.5, 0.6) is 0 Å². The largest absolute Gasteiger partial charge is 3.00 e. The third-order valence-electron chi connectivity index (χ3n) is 11.7. The molecule has 3 heterocycles. The molecule has 0 saturated carbocycles. The van der Waals surface area contributed by atoms with E-state index in [-0.39, 0.29) is 197 Å². The third-order valence-corrected chi connectivity index (χ3v) is 11.7. The molecule has 33 nitrogen and oxygen atoms in total. The molecular weight excluding hydrogens is 1980 g/mol. The van der Waals surface area contributed by atoms with Gasteiger partial charge in [0, 0.05) is 47.0 Å². The number of aromatic carboxylic acids is 9. The van der Waals surface area contributed by atoms with Crippen molar-refractivity contribution >= 4 is 53.7 Å². The van der Waals surface area contributed by atoms with Crippen LogP contribution in [-0.2, 0) is 147 Å². The molecule has 0 spiro atoms. The number of carbonyl (C=O) groups is 9. The molecule has 0 radical (unpaired) electrons. The van der Waals surface area contributed by atoms with Gasteiger partial charge in [-0.05, 0) is 86.5 Å². The van der Waals surface area contributed by atoms with Crippen molar-refractivity contribution in [1.29, 1.82) is 26.3 Å². The first kappa shape index (κ1) is 157. The third kappa shape index (κ3) is 89.3. The molecule has 40 heteroatoms. The van der Waals surface area contributed by atoms with E-state index in [4.69, 9.17) is 36.5 Å². The Morgan fingerprint density at radius 3 is 0.377 bits per heavy atom. The number of carboxylic acids is 9. The summed E-state index contributed by atoms with van der Waals surface area (Å²) in [7, 11) is 1.50. The van der Waals surface area contributed by atoms with Gasteiger partial charge in [0.2, 0.25) is 0 Å². The molecule has 130 heavy (non-hydrogen) atoms. The van der Waals surface area contributed by atoms with Gasteiger partial charge in [-0.2, -0.15) is 40.5 Å². The first-order valence-electron chi connectivity index (χ1n) is 33.3. The monoisotopic (exact) mass is 2050 g/mol. The van der Waals surface area contributed by atoms with Crippen molar-refractivity contribution < 1.29 is 246 Å². The molecule has 12 rings (SSSR count). The molecule has 0 bridgehead atoms. The van der Waals surface area contributed by atoms with Gasteiger partial charge in [-0.1, -0.05) is 291 Å². The van der Waals surface area contributed by atoms with Crippen molar-refractivity contribution in [2.75, 3.05) is 14.2 Å². The average molecular weight is 2060 g/mol. The maximum atomic E-state index is 10.1. The summed E-state index contributed by atoms with van der Waals surface area (Å²) in [5.41, 5.74) is 5.44. The first-order valence-corrected chi connectivity index (χ1v) is 33.3. The van der Waals surface area contributed by atoms with Gasteiger partial charge in [-0.3, -0.25) is 9.97 Å². The van der Waals surface area contributed by atoms with Gasteiger partial charge in [0.25, 0.3) is 0 Å².